The molecule has 0 saturated carbocycles. The van der Waals surface area contributed by atoms with Crippen LogP contribution in [0, 0.1) is 0 Å². The van der Waals surface area contributed by atoms with Crippen molar-refractivity contribution in [3.05, 3.63) is 66.4 Å². The van der Waals surface area contributed by atoms with Crippen LogP contribution in [0.3, 0.4) is 0 Å². The Bertz CT molecular complexity index is 870. The molecule has 1 N–H and O–H groups in total. The van der Waals surface area contributed by atoms with Crippen LogP contribution in [-0.2, 0) is 6.54 Å². The van der Waals surface area contributed by atoms with Crippen molar-refractivity contribution in [1.29, 1.82) is 0 Å². The largest absolute Gasteiger partial charge is 0.454 e. The molecule has 0 radical (unpaired) electrons. The van der Waals surface area contributed by atoms with Gasteiger partial charge in [-0.3, -0.25) is 0 Å². The van der Waals surface area contributed by atoms with Crippen molar-refractivity contribution in [3.63, 3.8) is 0 Å². The molecule has 0 atom stereocenters. The lowest BCUT2D eigenvalue weighted by atomic mass is 10.2. The molecule has 6 nitrogen and oxygen atoms in total. The summed E-state index contributed by atoms with van der Waals surface area (Å²) in [7, 11) is 1.95. The van der Waals surface area contributed by atoms with E-state index < -0.39 is 0 Å². The van der Waals surface area contributed by atoms with Crippen molar-refractivity contribution in [2.75, 3.05) is 24.1 Å². The number of nitrogens with one attached hydrogen (secondary N) is 1. The van der Waals surface area contributed by atoms with E-state index in [-0.39, 0.29) is 6.79 Å². The van der Waals surface area contributed by atoms with Crippen LogP contribution >= 0.6 is 0 Å². The number of rotatable bonds is 5. The smallest absolute Gasteiger partial charge is 0.231 e. The molecule has 3 aromatic rings. The van der Waals surface area contributed by atoms with Crippen molar-refractivity contribution in [3.8, 4) is 11.5 Å². The van der Waals surface area contributed by atoms with E-state index in [0.717, 1.165) is 28.6 Å². The summed E-state index contributed by atoms with van der Waals surface area (Å²) in [5.41, 5.74) is 2.14. The molecule has 0 unspecified atom stereocenters. The summed E-state index contributed by atoms with van der Waals surface area (Å²) in [5.74, 6) is 2.98. The third-order valence-corrected chi connectivity index (χ3v) is 4.00. The number of hydrogen-bond donors (Lipinski definition) is 1. The second-order valence-electron chi connectivity index (χ2n) is 5.68. The fraction of sp³-hybridized carbons (Fsp3) is 0.158. The van der Waals surface area contributed by atoms with Crippen molar-refractivity contribution >= 4 is 17.5 Å². The molecule has 0 bridgehead atoms. The average Bonchev–Trinajstić information content (AvgIpc) is 3.14. The predicted octanol–water partition coefficient (Wildman–Crippen LogP) is 3.59. The number of para-hydroxylation sites is 1. The standard InChI is InChI=1S/C19H18N4O2/c1-23(15-5-3-2-4-6-15)19-20-10-9-18(22-19)21-12-14-7-8-16-17(11-14)25-13-24-16/h2-11H,12-13H2,1H3,(H,20,21,22). The van der Waals surface area contributed by atoms with Gasteiger partial charge in [0.05, 0.1) is 0 Å². The van der Waals surface area contributed by atoms with E-state index in [1.807, 2.05) is 66.5 Å². The Morgan fingerprint density at radius 1 is 1.04 bits per heavy atom. The molecule has 4 rings (SSSR count). The van der Waals surface area contributed by atoms with Crippen LogP contribution in [0.2, 0.25) is 0 Å². The molecule has 0 spiro atoms. The second-order valence-corrected chi connectivity index (χ2v) is 5.68. The van der Waals surface area contributed by atoms with Crippen molar-refractivity contribution in [2.45, 2.75) is 6.54 Å². The van der Waals surface area contributed by atoms with Crippen LogP contribution in [-0.4, -0.2) is 23.8 Å². The Kier molecular flexibility index (Phi) is 4.08. The predicted molar refractivity (Wildman–Crippen MR) is 96.4 cm³/mol. The molecule has 2 heterocycles. The molecule has 2 aromatic carbocycles. The molecule has 1 aromatic heterocycles. The fourth-order valence-corrected chi connectivity index (χ4v) is 2.62. The number of benzene rings is 2. The highest BCUT2D eigenvalue weighted by Crippen LogP contribution is 2.32. The van der Waals surface area contributed by atoms with E-state index in [9.17, 15) is 0 Å². The maximum absolute atomic E-state index is 5.41. The van der Waals surface area contributed by atoms with Crippen molar-refractivity contribution < 1.29 is 9.47 Å². The Hall–Kier alpha value is -3.28. The van der Waals surface area contributed by atoms with Gasteiger partial charge in [0.2, 0.25) is 12.7 Å². The zero-order chi connectivity index (χ0) is 17.1. The van der Waals surface area contributed by atoms with E-state index in [4.69, 9.17) is 9.47 Å². The van der Waals surface area contributed by atoms with Gasteiger partial charge in [-0.1, -0.05) is 24.3 Å². The van der Waals surface area contributed by atoms with Gasteiger partial charge in [-0.05, 0) is 35.9 Å². The lowest BCUT2D eigenvalue weighted by molar-refractivity contribution is 0.174. The molecular weight excluding hydrogens is 316 g/mol. The Labute approximate surface area is 146 Å². The van der Waals surface area contributed by atoms with Crippen molar-refractivity contribution in [1.82, 2.24) is 9.97 Å². The van der Waals surface area contributed by atoms with Crippen LogP contribution in [0.5, 0.6) is 11.5 Å². The summed E-state index contributed by atoms with van der Waals surface area (Å²) in [6.45, 7) is 0.926. The van der Waals surface area contributed by atoms with Gasteiger partial charge in [-0.2, -0.15) is 4.98 Å². The van der Waals surface area contributed by atoms with Gasteiger partial charge in [0.15, 0.2) is 11.5 Å². The third-order valence-electron chi connectivity index (χ3n) is 4.00. The molecule has 25 heavy (non-hydrogen) atoms. The van der Waals surface area contributed by atoms with Crippen LogP contribution in [0.4, 0.5) is 17.5 Å². The van der Waals surface area contributed by atoms with E-state index in [1.165, 1.54) is 0 Å². The molecule has 0 fully saturated rings. The summed E-state index contributed by atoms with van der Waals surface area (Å²) in [4.78, 5) is 10.9. The Morgan fingerprint density at radius 2 is 1.88 bits per heavy atom. The fourth-order valence-electron chi connectivity index (χ4n) is 2.62. The first-order valence-corrected chi connectivity index (χ1v) is 8.04. The number of ether oxygens (including phenoxy) is 2. The quantitative estimate of drug-likeness (QED) is 0.769. The van der Waals surface area contributed by atoms with Gasteiger partial charge < -0.3 is 19.7 Å². The summed E-state index contributed by atoms with van der Waals surface area (Å²) < 4.78 is 10.7. The van der Waals surface area contributed by atoms with Crippen LogP contribution in [0.1, 0.15) is 5.56 Å². The molecular formula is C19H18N4O2. The van der Waals surface area contributed by atoms with Gasteiger partial charge >= 0.3 is 0 Å². The SMILES string of the molecule is CN(c1ccccc1)c1nccc(NCc2ccc3c(c2)OCO3)n1. The normalized spacial score (nSPS) is 12.0. The first-order valence-electron chi connectivity index (χ1n) is 8.04. The number of aromatic nitrogens is 2. The third kappa shape index (κ3) is 3.33. The van der Waals surface area contributed by atoms with Gasteiger partial charge in [0.25, 0.3) is 0 Å². The molecule has 0 amide bonds. The number of anilines is 3. The van der Waals surface area contributed by atoms with E-state index in [1.54, 1.807) is 6.20 Å². The van der Waals surface area contributed by atoms with E-state index in [2.05, 4.69) is 15.3 Å². The minimum Gasteiger partial charge on any atom is -0.454 e. The minimum atomic E-state index is 0.285. The van der Waals surface area contributed by atoms with Gasteiger partial charge in [0.1, 0.15) is 5.82 Å². The van der Waals surface area contributed by atoms with E-state index >= 15 is 0 Å². The Morgan fingerprint density at radius 3 is 2.76 bits per heavy atom. The summed E-state index contributed by atoms with van der Waals surface area (Å²) >= 11 is 0. The van der Waals surface area contributed by atoms with E-state index in [0.29, 0.717) is 12.5 Å². The van der Waals surface area contributed by atoms with Crippen molar-refractivity contribution in [2.24, 2.45) is 0 Å². The topological polar surface area (TPSA) is 59.5 Å². The Balaban J connectivity index is 1.46. The second kappa shape index (κ2) is 6.68. The molecule has 1 aliphatic rings. The monoisotopic (exact) mass is 334 g/mol. The highest BCUT2D eigenvalue weighted by molar-refractivity contribution is 5.57. The lowest BCUT2D eigenvalue weighted by Crippen LogP contribution is -2.14. The first kappa shape index (κ1) is 15.3. The maximum Gasteiger partial charge on any atom is 0.231 e. The summed E-state index contributed by atoms with van der Waals surface area (Å²) in [5, 5.41) is 3.32. The van der Waals surface area contributed by atoms with Crippen LogP contribution < -0.4 is 19.7 Å². The average molecular weight is 334 g/mol. The molecule has 1 aliphatic heterocycles. The first-order chi connectivity index (χ1) is 12.3. The molecule has 6 heteroatoms. The maximum atomic E-state index is 5.41. The zero-order valence-corrected chi connectivity index (χ0v) is 13.8. The minimum absolute atomic E-state index is 0.285. The number of hydrogen-bond acceptors (Lipinski definition) is 6. The lowest BCUT2D eigenvalue weighted by Gasteiger charge is -2.17. The van der Waals surface area contributed by atoms with Gasteiger partial charge in [0, 0.05) is 25.5 Å². The number of nitrogens with zero attached hydrogens (tertiary/aromatic N) is 3. The highest BCUT2D eigenvalue weighted by Gasteiger charge is 2.13. The summed E-state index contributed by atoms with van der Waals surface area (Å²) in [6, 6.07) is 17.8. The van der Waals surface area contributed by atoms with Gasteiger partial charge in [-0.15, -0.1) is 0 Å². The molecule has 0 saturated heterocycles. The molecule has 0 aliphatic carbocycles. The van der Waals surface area contributed by atoms with Gasteiger partial charge in [-0.25, -0.2) is 4.98 Å². The highest BCUT2D eigenvalue weighted by atomic mass is 16.7. The van der Waals surface area contributed by atoms with Crippen LogP contribution in [0.15, 0.2) is 60.8 Å². The summed E-state index contributed by atoms with van der Waals surface area (Å²) in [6.07, 6.45) is 1.75. The zero-order valence-electron chi connectivity index (χ0n) is 13.8. The van der Waals surface area contributed by atoms with Crippen LogP contribution in [0.25, 0.3) is 0 Å². The molecule has 126 valence electrons. The number of fused-ring (bicyclic) bond motifs is 1.